The van der Waals surface area contributed by atoms with E-state index >= 15 is 0 Å². The van der Waals surface area contributed by atoms with Crippen molar-refractivity contribution in [1.29, 1.82) is 0 Å². The van der Waals surface area contributed by atoms with Gasteiger partial charge in [-0.25, -0.2) is 13.1 Å². The molecule has 1 fully saturated rings. The molecule has 27 heavy (non-hydrogen) atoms. The lowest BCUT2D eigenvalue weighted by Crippen LogP contribution is -2.48. The third-order valence-corrected chi connectivity index (χ3v) is 6.04. The van der Waals surface area contributed by atoms with E-state index in [1.54, 1.807) is 23.1 Å². The van der Waals surface area contributed by atoms with E-state index in [0.29, 0.717) is 30.2 Å². The largest absolute Gasteiger partial charge is 0.329 e. The first kappa shape index (κ1) is 21.7. The first-order valence-corrected chi connectivity index (χ1v) is 10.1. The minimum Gasteiger partial charge on any atom is -0.329 e. The van der Waals surface area contributed by atoms with Crippen molar-refractivity contribution in [3.05, 3.63) is 64.7 Å². The first-order valence-electron chi connectivity index (χ1n) is 8.23. The Morgan fingerprint density at radius 1 is 1.22 bits per heavy atom. The fourth-order valence-electron chi connectivity index (χ4n) is 3.04. The van der Waals surface area contributed by atoms with Crippen LogP contribution in [0.4, 0.5) is 0 Å². The average Bonchev–Trinajstić information content (AvgIpc) is 2.67. The zero-order chi connectivity index (χ0) is 18.7. The topological polar surface area (TPSA) is 78.5 Å². The second-order valence-corrected chi connectivity index (χ2v) is 8.33. The second-order valence-electron chi connectivity index (χ2n) is 6.01. The predicted octanol–water partition coefficient (Wildman–Crippen LogP) is 2.46. The van der Waals surface area contributed by atoms with Crippen LogP contribution in [0, 0.1) is 0 Å². The molecule has 0 aliphatic carbocycles. The number of halogens is 2. The van der Waals surface area contributed by atoms with Crippen LogP contribution in [0.15, 0.2) is 53.4 Å². The van der Waals surface area contributed by atoms with E-state index in [9.17, 15) is 13.2 Å². The lowest BCUT2D eigenvalue weighted by Gasteiger charge is -2.36. The molecule has 0 saturated carbocycles. The predicted molar refractivity (Wildman–Crippen MR) is 108 cm³/mol. The third-order valence-electron chi connectivity index (χ3n) is 4.40. The number of piperazine rings is 1. The summed E-state index contributed by atoms with van der Waals surface area (Å²) in [6, 6.07) is 13.4. The van der Waals surface area contributed by atoms with Gasteiger partial charge in [-0.3, -0.25) is 4.79 Å². The number of carbonyl (C=O) groups excluding carboxylic acids is 1. The molecule has 9 heteroatoms. The molecule has 1 atom stereocenters. The van der Waals surface area contributed by atoms with Gasteiger partial charge in [-0.1, -0.05) is 29.8 Å². The van der Waals surface area contributed by atoms with Crippen molar-refractivity contribution in [3.63, 3.8) is 0 Å². The van der Waals surface area contributed by atoms with E-state index in [1.807, 2.05) is 18.2 Å². The quantitative estimate of drug-likeness (QED) is 0.781. The highest BCUT2D eigenvalue weighted by atomic mass is 35.5. The molecule has 2 aromatic rings. The smallest absolute Gasteiger partial charge is 0.254 e. The molecule has 2 N–H and O–H groups in total. The summed E-state index contributed by atoms with van der Waals surface area (Å²) in [5.74, 6) is -0.204. The van der Waals surface area contributed by atoms with Crippen LogP contribution in [-0.4, -0.2) is 45.9 Å². The summed E-state index contributed by atoms with van der Waals surface area (Å²) in [5.41, 5.74) is 1.28. The molecule has 3 rings (SSSR count). The Kier molecular flexibility index (Phi) is 7.25. The minimum absolute atomic E-state index is 0. The fraction of sp³-hybridized carbons (Fsp3) is 0.278. The molecule has 1 aliphatic rings. The summed E-state index contributed by atoms with van der Waals surface area (Å²) in [6.45, 7) is 1.82. The number of rotatable bonds is 4. The van der Waals surface area contributed by atoms with Crippen molar-refractivity contribution >= 4 is 39.9 Å². The van der Waals surface area contributed by atoms with Crippen molar-refractivity contribution in [2.24, 2.45) is 0 Å². The van der Waals surface area contributed by atoms with Crippen molar-refractivity contribution in [2.45, 2.75) is 10.9 Å². The summed E-state index contributed by atoms with van der Waals surface area (Å²) in [6.07, 6.45) is 0. The Bertz CT molecular complexity index is 922. The molecular formula is C18H21Cl2N3O3S. The summed E-state index contributed by atoms with van der Waals surface area (Å²) >= 11 is 6.10. The molecule has 1 amide bonds. The van der Waals surface area contributed by atoms with Crippen LogP contribution in [0.3, 0.4) is 0 Å². The molecule has 146 valence electrons. The Hall–Kier alpha value is -1.64. The van der Waals surface area contributed by atoms with Crippen LogP contribution in [0.2, 0.25) is 5.02 Å². The number of hydrogen-bond acceptors (Lipinski definition) is 4. The maximum Gasteiger partial charge on any atom is 0.254 e. The minimum atomic E-state index is -3.61. The van der Waals surface area contributed by atoms with E-state index in [2.05, 4.69) is 10.0 Å². The lowest BCUT2D eigenvalue weighted by atomic mass is 10.0. The average molecular weight is 430 g/mol. The van der Waals surface area contributed by atoms with Gasteiger partial charge in [0.15, 0.2) is 0 Å². The zero-order valence-electron chi connectivity index (χ0n) is 14.7. The van der Waals surface area contributed by atoms with Gasteiger partial charge in [0.1, 0.15) is 0 Å². The van der Waals surface area contributed by atoms with Gasteiger partial charge < -0.3 is 10.2 Å². The molecule has 0 aromatic heterocycles. The number of benzene rings is 2. The SMILES string of the molecule is CNS(=O)(=O)c1cccc(C(=O)N2CCNCC2c2cccc(Cl)c2)c1.Cl. The van der Waals surface area contributed by atoms with Crippen molar-refractivity contribution in [2.75, 3.05) is 26.7 Å². The van der Waals surface area contributed by atoms with Gasteiger partial charge in [-0.15, -0.1) is 12.4 Å². The summed E-state index contributed by atoms with van der Waals surface area (Å²) in [7, 11) is -2.26. The highest BCUT2D eigenvalue weighted by Gasteiger charge is 2.29. The highest BCUT2D eigenvalue weighted by molar-refractivity contribution is 7.89. The number of hydrogen-bond donors (Lipinski definition) is 2. The number of nitrogens with zero attached hydrogens (tertiary/aromatic N) is 1. The van der Waals surface area contributed by atoms with Crippen LogP contribution < -0.4 is 10.0 Å². The van der Waals surface area contributed by atoms with Gasteiger partial charge in [0, 0.05) is 30.2 Å². The van der Waals surface area contributed by atoms with Crippen molar-refractivity contribution in [3.8, 4) is 0 Å². The van der Waals surface area contributed by atoms with Gasteiger partial charge in [0.05, 0.1) is 10.9 Å². The van der Waals surface area contributed by atoms with Gasteiger partial charge in [0.25, 0.3) is 5.91 Å². The lowest BCUT2D eigenvalue weighted by molar-refractivity contribution is 0.0634. The molecule has 0 radical (unpaired) electrons. The van der Waals surface area contributed by atoms with Gasteiger partial charge in [-0.05, 0) is 42.9 Å². The maximum absolute atomic E-state index is 13.1. The zero-order valence-corrected chi connectivity index (χ0v) is 17.1. The summed E-state index contributed by atoms with van der Waals surface area (Å²) in [5, 5.41) is 3.90. The molecular weight excluding hydrogens is 409 g/mol. The monoisotopic (exact) mass is 429 g/mol. The van der Waals surface area contributed by atoms with E-state index in [4.69, 9.17) is 11.6 Å². The normalized spacial score (nSPS) is 17.3. The first-order chi connectivity index (χ1) is 12.4. The Morgan fingerprint density at radius 2 is 1.96 bits per heavy atom. The Balaban J connectivity index is 0.00000261. The summed E-state index contributed by atoms with van der Waals surface area (Å²) < 4.78 is 26.3. The van der Waals surface area contributed by atoms with Crippen LogP contribution >= 0.6 is 24.0 Å². The Morgan fingerprint density at radius 3 is 2.67 bits per heavy atom. The highest BCUT2D eigenvalue weighted by Crippen LogP contribution is 2.26. The number of amides is 1. The van der Waals surface area contributed by atoms with E-state index in [-0.39, 0.29) is 29.3 Å². The molecule has 1 heterocycles. The maximum atomic E-state index is 13.1. The van der Waals surface area contributed by atoms with Crippen LogP contribution in [-0.2, 0) is 10.0 Å². The van der Waals surface area contributed by atoms with Crippen LogP contribution in [0.5, 0.6) is 0 Å². The molecule has 1 unspecified atom stereocenters. The van der Waals surface area contributed by atoms with E-state index < -0.39 is 10.0 Å². The fourth-order valence-corrected chi connectivity index (χ4v) is 4.01. The van der Waals surface area contributed by atoms with Gasteiger partial charge in [0.2, 0.25) is 10.0 Å². The molecule has 1 aliphatic heterocycles. The van der Waals surface area contributed by atoms with Gasteiger partial charge >= 0.3 is 0 Å². The molecule has 0 spiro atoms. The number of nitrogens with one attached hydrogen (secondary N) is 2. The third kappa shape index (κ3) is 4.80. The Labute approximate surface area is 170 Å². The number of carbonyl (C=O) groups is 1. The summed E-state index contributed by atoms with van der Waals surface area (Å²) in [4.78, 5) is 14.9. The number of sulfonamides is 1. The molecule has 0 bridgehead atoms. The van der Waals surface area contributed by atoms with Crippen molar-refractivity contribution < 1.29 is 13.2 Å². The van der Waals surface area contributed by atoms with Gasteiger partial charge in [-0.2, -0.15) is 0 Å². The van der Waals surface area contributed by atoms with Crippen molar-refractivity contribution in [1.82, 2.24) is 14.9 Å². The van der Waals surface area contributed by atoms with Crippen LogP contribution in [0.25, 0.3) is 0 Å². The molecule has 2 aromatic carbocycles. The second kappa shape index (κ2) is 9.03. The van der Waals surface area contributed by atoms with E-state index in [0.717, 1.165) is 5.56 Å². The standard InChI is InChI=1S/C18H20ClN3O3S.ClH/c1-20-26(24,25)16-7-3-5-14(11-16)18(23)22-9-8-21-12-17(22)13-4-2-6-15(19)10-13;/h2-7,10-11,17,20-21H,8-9,12H2,1H3;1H. The molecule has 6 nitrogen and oxygen atoms in total. The van der Waals surface area contributed by atoms with Crippen LogP contribution in [0.1, 0.15) is 22.0 Å². The molecule has 1 saturated heterocycles. The van der Waals surface area contributed by atoms with E-state index in [1.165, 1.54) is 19.2 Å².